The van der Waals surface area contributed by atoms with Gasteiger partial charge in [0.15, 0.2) is 0 Å². The minimum absolute atomic E-state index is 0.124. The van der Waals surface area contributed by atoms with Gasteiger partial charge < -0.3 is 11.1 Å². The number of hydrogen-bond donors (Lipinski definition) is 2. The van der Waals surface area contributed by atoms with E-state index in [2.05, 4.69) is 24.1 Å². The molecule has 1 aromatic heterocycles. The lowest BCUT2D eigenvalue weighted by Crippen LogP contribution is -2.34. The average Bonchev–Trinajstić information content (AvgIpc) is 2.29. The molecule has 0 saturated heterocycles. The molecule has 2 atom stereocenters. The fraction of sp³-hybridized carbons (Fsp3) is 0.538. The number of pyridine rings is 1. The molecule has 1 rings (SSSR count). The number of nitrogens with zero attached hydrogens (tertiary/aromatic N) is 1. The van der Waals surface area contributed by atoms with Crippen LogP contribution in [0, 0.1) is 5.92 Å². The summed E-state index contributed by atoms with van der Waals surface area (Å²) in [5.74, 6) is 0.487. The summed E-state index contributed by atoms with van der Waals surface area (Å²) in [6.45, 7) is 6.35. The van der Waals surface area contributed by atoms with Gasteiger partial charge in [-0.2, -0.15) is 0 Å². The van der Waals surface area contributed by atoms with Crippen LogP contribution in [0.2, 0.25) is 0 Å². The van der Waals surface area contributed by atoms with Gasteiger partial charge in [-0.25, -0.2) is 0 Å². The predicted octanol–water partition coefficient (Wildman–Crippen LogP) is 2.22. The highest BCUT2D eigenvalue weighted by Gasteiger charge is 2.13. The summed E-state index contributed by atoms with van der Waals surface area (Å²) in [5, 5.41) is 2.96. The zero-order chi connectivity index (χ0) is 12.8. The quantitative estimate of drug-likeness (QED) is 0.822. The van der Waals surface area contributed by atoms with Crippen LogP contribution in [0.5, 0.6) is 0 Å². The number of nitrogen functional groups attached to an aromatic ring is 1. The average molecular weight is 235 g/mol. The van der Waals surface area contributed by atoms with Gasteiger partial charge in [0.05, 0.1) is 17.4 Å². The Hall–Kier alpha value is -1.58. The van der Waals surface area contributed by atoms with E-state index < -0.39 is 0 Å². The second-order valence-electron chi connectivity index (χ2n) is 4.59. The Morgan fingerprint density at radius 1 is 1.53 bits per heavy atom. The van der Waals surface area contributed by atoms with Crippen LogP contribution in [0.3, 0.4) is 0 Å². The van der Waals surface area contributed by atoms with Crippen molar-refractivity contribution in [2.45, 2.75) is 39.7 Å². The number of rotatable bonds is 5. The molecule has 0 aliphatic carbocycles. The molecule has 1 aromatic rings. The van der Waals surface area contributed by atoms with Crippen LogP contribution in [0.4, 0.5) is 5.69 Å². The van der Waals surface area contributed by atoms with Gasteiger partial charge in [-0.15, -0.1) is 0 Å². The Balaban J connectivity index is 2.58. The highest BCUT2D eigenvalue weighted by atomic mass is 16.1. The SMILES string of the molecule is CCC(C)CC(C)NC(=O)c1ccncc1N. The standard InChI is InChI=1S/C13H21N3O/c1-4-9(2)7-10(3)16-13(17)11-5-6-15-8-12(11)14/h5-6,8-10H,4,7,14H2,1-3H3,(H,16,17). The molecule has 4 heteroatoms. The monoisotopic (exact) mass is 235 g/mol. The van der Waals surface area contributed by atoms with Gasteiger partial charge in [0.2, 0.25) is 0 Å². The summed E-state index contributed by atoms with van der Waals surface area (Å²) >= 11 is 0. The predicted molar refractivity (Wildman–Crippen MR) is 69.6 cm³/mol. The first-order valence-electron chi connectivity index (χ1n) is 6.05. The second-order valence-corrected chi connectivity index (χ2v) is 4.59. The Bertz CT molecular complexity index is 379. The Labute approximate surface area is 103 Å². The zero-order valence-electron chi connectivity index (χ0n) is 10.7. The van der Waals surface area contributed by atoms with Crippen molar-refractivity contribution in [2.75, 3.05) is 5.73 Å². The van der Waals surface area contributed by atoms with E-state index in [1.807, 2.05) is 6.92 Å². The smallest absolute Gasteiger partial charge is 0.253 e. The third-order valence-corrected chi connectivity index (χ3v) is 2.93. The highest BCUT2D eigenvalue weighted by Crippen LogP contribution is 2.12. The van der Waals surface area contributed by atoms with E-state index >= 15 is 0 Å². The first-order chi connectivity index (χ1) is 8.04. The van der Waals surface area contributed by atoms with Gasteiger partial charge in [0.1, 0.15) is 0 Å². The van der Waals surface area contributed by atoms with Crippen molar-refractivity contribution in [1.29, 1.82) is 0 Å². The summed E-state index contributed by atoms with van der Waals surface area (Å²) in [5.41, 5.74) is 6.61. The van der Waals surface area contributed by atoms with Crippen LogP contribution >= 0.6 is 0 Å². The number of amides is 1. The first kappa shape index (κ1) is 13.5. The summed E-state index contributed by atoms with van der Waals surface area (Å²) in [4.78, 5) is 15.8. The van der Waals surface area contributed by atoms with E-state index in [-0.39, 0.29) is 11.9 Å². The van der Waals surface area contributed by atoms with Gasteiger partial charge in [-0.05, 0) is 25.3 Å². The lowest BCUT2D eigenvalue weighted by Gasteiger charge is -2.17. The fourth-order valence-corrected chi connectivity index (χ4v) is 1.74. The molecule has 0 spiro atoms. The molecule has 4 nitrogen and oxygen atoms in total. The summed E-state index contributed by atoms with van der Waals surface area (Å²) < 4.78 is 0. The molecule has 1 heterocycles. The maximum Gasteiger partial charge on any atom is 0.253 e. The van der Waals surface area contributed by atoms with Gasteiger partial charge >= 0.3 is 0 Å². The number of carbonyl (C=O) groups is 1. The maximum absolute atomic E-state index is 11.9. The van der Waals surface area contributed by atoms with Crippen molar-refractivity contribution < 1.29 is 4.79 Å². The largest absolute Gasteiger partial charge is 0.397 e. The van der Waals surface area contributed by atoms with Gasteiger partial charge in [0.25, 0.3) is 5.91 Å². The van der Waals surface area contributed by atoms with Crippen molar-refractivity contribution in [1.82, 2.24) is 10.3 Å². The van der Waals surface area contributed by atoms with Gasteiger partial charge in [-0.3, -0.25) is 9.78 Å². The molecule has 0 saturated carbocycles. The topological polar surface area (TPSA) is 68.0 Å². The van der Waals surface area contributed by atoms with Crippen LogP contribution in [-0.2, 0) is 0 Å². The van der Waals surface area contributed by atoms with E-state index in [1.54, 1.807) is 12.3 Å². The fourth-order valence-electron chi connectivity index (χ4n) is 1.74. The van der Waals surface area contributed by atoms with Crippen molar-refractivity contribution >= 4 is 11.6 Å². The van der Waals surface area contributed by atoms with Crippen molar-refractivity contribution in [3.8, 4) is 0 Å². The lowest BCUT2D eigenvalue weighted by molar-refractivity contribution is 0.0936. The number of nitrogens with one attached hydrogen (secondary N) is 1. The number of carbonyl (C=O) groups excluding carboxylic acids is 1. The molecule has 0 aliphatic rings. The lowest BCUT2D eigenvalue weighted by atomic mass is 10.00. The van der Waals surface area contributed by atoms with Crippen LogP contribution in [0.15, 0.2) is 18.5 Å². The summed E-state index contributed by atoms with van der Waals surface area (Å²) in [6.07, 6.45) is 5.17. The maximum atomic E-state index is 11.9. The van der Waals surface area contributed by atoms with E-state index in [9.17, 15) is 4.79 Å². The molecule has 3 N–H and O–H groups in total. The Morgan fingerprint density at radius 2 is 2.24 bits per heavy atom. The molecule has 0 bridgehead atoms. The van der Waals surface area contributed by atoms with Crippen molar-refractivity contribution in [2.24, 2.45) is 5.92 Å². The molecular weight excluding hydrogens is 214 g/mol. The molecule has 1 amide bonds. The van der Waals surface area contributed by atoms with E-state index in [0.29, 0.717) is 17.2 Å². The minimum atomic E-state index is -0.124. The number of hydrogen-bond acceptors (Lipinski definition) is 3. The third kappa shape index (κ3) is 4.06. The highest BCUT2D eigenvalue weighted by molar-refractivity contribution is 5.98. The molecule has 0 fully saturated rings. The number of anilines is 1. The molecule has 2 unspecified atom stereocenters. The number of nitrogens with two attached hydrogens (primary N) is 1. The minimum Gasteiger partial charge on any atom is -0.397 e. The molecule has 17 heavy (non-hydrogen) atoms. The van der Waals surface area contributed by atoms with Crippen molar-refractivity contribution in [3.05, 3.63) is 24.0 Å². The van der Waals surface area contributed by atoms with Crippen LogP contribution in [0.1, 0.15) is 44.0 Å². The Morgan fingerprint density at radius 3 is 2.82 bits per heavy atom. The summed E-state index contributed by atoms with van der Waals surface area (Å²) in [7, 11) is 0. The third-order valence-electron chi connectivity index (χ3n) is 2.93. The normalized spacial score (nSPS) is 14.1. The first-order valence-corrected chi connectivity index (χ1v) is 6.05. The van der Waals surface area contributed by atoms with E-state index in [4.69, 9.17) is 5.73 Å². The van der Waals surface area contributed by atoms with E-state index in [1.165, 1.54) is 6.20 Å². The second kappa shape index (κ2) is 6.23. The van der Waals surface area contributed by atoms with E-state index in [0.717, 1.165) is 12.8 Å². The van der Waals surface area contributed by atoms with Crippen molar-refractivity contribution in [3.63, 3.8) is 0 Å². The summed E-state index contributed by atoms with van der Waals surface area (Å²) in [6, 6.07) is 1.80. The molecule has 94 valence electrons. The van der Waals surface area contributed by atoms with Gasteiger partial charge in [-0.1, -0.05) is 20.3 Å². The number of aromatic nitrogens is 1. The molecular formula is C13H21N3O. The molecule has 0 radical (unpaired) electrons. The Kier molecular flexibility index (Phi) is 4.94. The van der Waals surface area contributed by atoms with Crippen LogP contribution in [0.25, 0.3) is 0 Å². The molecule has 0 aliphatic heterocycles. The zero-order valence-corrected chi connectivity index (χ0v) is 10.7. The van der Waals surface area contributed by atoms with Crippen LogP contribution < -0.4 is 11.1 Å². The van der Waals surface area contributed by atoms with Gasteiger partial charge in [0, 0.05) is 12.2 Å². The van der Waals surface area contributed by atoms with Crippen LogP contribution in [-0.4, -0.2) is 16.9 Å². The molecule has 0 aromatic carbocycles.